The number of amides is 1. The van der Waals surface area contributed by atoms with Crippen molar-refractivity contribution in [1.82, 2.24) is 14.9 Å². The Hall–Kier alpha value is -4.24. The molecule has 9 heteroatoms. The molecule has 0 radical (unpaired) electrons. The fourth-order valence-electron chi connectivity index (χ4n) is 5.89. The van der Waals surface area contributed by atoms with Crippen LogP contribution in [0.15, 0.2) is 71.5 Å². The molecule has 2 unspecified atom stereocenters. The van der Waals surface area contributed by atoms with Gasteiger partial charge in [-0.05, 0) is 24.6 Å². The number of carbonyl (C=O) groups excluding carboxylic acids is 2. The van der Waals surface area contributed by atoms with Crippen molar-refractivity contribution in [2.45, 2.75) is 44.3 Å². The smallest absolute Gasteiger partial charge is 0.408 e. The number of para-hydroxylation sites is 1. The number of benzene rings is 2. The molecule has 8 nitrogen and oxygen atoms in total. The van der Waals surface area contributed by atoms with Crippen LogP contribution in [0, 0.1) is 0 Å². The molecule has 2 atom stereocenters. The van der Waals surface area contributed by atoms with Gasteiger partial charge in [0.2, 0.25) is 5.60 Å². The number of nitrogens with one attached hydrogen (secondary N) is 1. The van der Waals surface area contributed by atoms with Crippen molar-refractivity contribution < 1.29 is 19.1 Å². The van der Waals surface area contributed by atoms with Gasteiger partial charge < -0.3 is 19.4 Å². The van der Waals surface area contributed by atoms with Crippen LogP contribution in [0.3, 0.4) is 0 Å². The predicted molar refractivity (Wildman–Crippen MR) is 150 cm³/mol. The van der Waals surface area contributed by atoms with Gasteiger partial charge in [0.25, 0.3) is 5.56 Å². The second-order valence-corrected chi connectivity index (χ2v) is 15.2. The Labute approximate surface area is 226 Å². The Balaban J connectivity index is 1.64. The van der Waals surface area contributed by atoms with Crippen molar-refractivity contribution in [3.8, 4) is 11.4 Å². The maximum Gasteiger partial charge on any atom is 0.408 e. The molecule has 1 N–H and O–H groups in total. The largest absolute Gasteiger partial charge is 0.458 e. The first kappa shape index (κ1) is 25.1. The van der Waals surface area contributed by atoms with Gasteiger partial charge in [-0.1, -0.05) is 73.7 Å². The van der Waals surface area contributed by atoms with Gasteiger partial charge in [0.1, 0.15) is 13.8 Å². The third kappa shape index (κ3) is 3.64. The highest BCUT2D eigenvalue weighted by Gasteiger charge is 2.56. The molecule has 39 heavy (non-hydrogen) atoms. The van der Waals surface area contributed by atoms with Crippen molar-refractivity contribution in [2.75, 3.05) is 7.05 Å². The lowest BCUT2D eigenvalue weighted by Crippen LogP contribution is -2.58. The maximum absolute atomic E-state index is 14.4. The molecule has 198 valence electrons. The van der Waals surface area contributed by atoms with Gasteiger partial charge in [-0.25, -0.2) is 14.6 Å². The van der Waals surface area contributed by atoms with E-state index in [9.17, 15) is 14.4 Å². The third-order valence-corrected chi connectivity index (χ3v) is 11.6. The number of aromatic nitrogens is 2. The van der Waals surface area contributed by atoms with Crippen LogP contribution < -0.4 is 16.1 Å². The lowest BCUT2D eigenvalue weighted by atomic mass is 9.85. The number of carbonyl (C=O) groups is 2. The van der Waals surface area contributed by atoms with Crippen LogP contribution in [0.5, 0.6) is 0 Å². The molecular formula is C30H29N3O5Si. The molecule has 1 amide bonds. The van der Waals surface area contributed by atoms with Crippen LogP contribution in [0.1, 0.15) is 35.8 Å². The van der Waals surface area contributed by atoms with Gasteiger partial charge in [-0.15, -0.1) is 0 Å². The zero-order valence-corrected chi connectivity index (χ0v) is 23.3. The molecule has 0 saturated carbocycles. The van der Waals surface area contributed by atoms with Gasteiger partial charge in [0, 0.05) is 23.6 Å². The van der Waals surface area contributed by atoms with Crippen LogP contribution in [0.25, 0.3) is 22.3 Å². The standard InChI is InChI=1S/C30H29N3O5Si/c1-5-30(38-29(36)31-2)21-16-23-25-19(15-18-11-9-10-14-22(18)32-25)17-33(23)26(34)24(21)27(37-28(30)35)39(3,4)20-12-7-6-8-13-20/h6-16,27H,5,17H2,1-4H3,(H,31,36). The number of alkyl carbamates (subject to hydrolysis) is 1. The van der Waals surface area contributed by atoms with E-state index in [1.807, 2.05) is 60.7 Å². The summed E-state index contributed by atoms with van der Waals surface area (Å²) in [7, 11) is -1.18. The highest BCUT2D eigenvalue weighted by molar-refractivity contribution is 6.90. The second-order valence-electron chi connectivity index (χ2n) is 10.6. The number of cyclic esters (lactones) is 1. The van der Waals surface area contributed by atoms with Crippen LogP contribution in [-0.4, -0.2) is 36.7 Å². The second kappa shape index (κ2) is 8.91. The van der Waals surface area contributed by atoms with Gasteiger partial charge in [0.15, 0.2) is 0 Å². The summed E-state index contributed by atoms with van der Waals surface area (Å²) in [4.78, 5) is 45.7. The minimum atomic E-state index is -2.61. The Morgan fingerprint density at radius 2 is 1.85 bits per heavy atom. The number of ether oxygens (including phenoxy) is 2. The summed E-state index contributed by atoms with van der Waals surface area (Å²) in [6.07, 6.45) is -0.671. The number of fused-ring (bicyclic) bond motifs is 5. The lowest BCUT2D eigenvalue weighted by Gasteiger charge is -2.43. The van der Waals surface area contributed by atoms with Crippen molar-refractivity contribution in [3.63, 3.8) is 0 Å². The number of hydrogen-bond acceptors (Lipinski definition) is 6. The van der Waals surface area contributed by atoms with Crippen LogP contribution in [0.2, 0.25) is 13.1 Å². The molecule has 2 aliphatic rings. The number of pyridine rings is 2. The van der Waals surface area contributed by atoms with E-state index >= 15 is 0 Å². The molecule has 0 saturated heterocycles. The average molecular weight is 540 g/mol. The normalized spacial score (nSPS) is 19.6. The van der Waals surface area contributed by atoms with E-state index in [-0.39, 0.29) is 12.0 Å². The van der Waals surface area contributed by atoms with E-state index in [0.29, 0.717) is 29.1 Å². The summed E-state index contributed by atoms with van der Waals surface area (Å²) >= 11 is 0. The number of rotatable bonds is 4. The van der Waals surface area contributed by atoms with Gasteiger partial charge in [0.05, 0.1) is 29.0 Å². The molecule has 0 bridgehead atoms. The van der Waals surface area contributed by atoms with Crippen molar-refractivity contribution >= 4 is 36.2 Å². The maximum atomic E-state index is 14.4. The first-order chi connectivity index (χ1) is 18.7. The first-order valence-corrected chi connectivity index (χ1v) is 16.1. The summed E-state index contributed by atoms with van der Waals surface area (Å²) in [5, 5.41) is 4.47. The van der Waals surface area contributed by atoms with Crippen molar-refractivity contribution in [3.05, 3.63) is 93.8 Å². The zero-order valence-electron chi connectivity index (χ0n) is 22.3. The van der Waals surface area contributed by atoms with E-state index < -0.39 is 31.5 Å². The predicted octanol–water partition coefficient (Wildman–Crippen LogP) is 4.14. The Bertz CT molecular complexity index is 1720. The number of hydrogen-bond donors (Lipinski definition) is 1. The summed E-state index contributed by atoms with van der Waals surface area (Å²) in [5.41, 5.74) is 1.00. The quantitative estimate of drug-likeness (QED) is 0.272. The molecule has 0 fully saturated rings. The number of esters is 1. The Kier molecular flexibility index (Phi) is 5.73. The first-order valence-electron chi connectivity index (χ1n) is 13.1. The number of nitrogens with zero attached hydrogens (tertiary/aromatic N) is 2. The van der Waals surface area contributed by atoms with E-state index in [1.54, 1.807) is 11.5 Å². The highest BCUT2D eigenvalue weighted by atomic mass is 28.3. The minimum Gasteiger partial charge on any atom is -0.458 e. The van der Waals surface area contributed by atoms with Crippen LogP contribution in [0.4, 0.5) is 4.79 Å². The molecule has 2 aromatic carbocycles. The lowest BCUT2D eigenvalue weighted by molar-refractivity contribution is -0.174. The Morgan fingerprint density at radius 1 is 1.13 bits per heavy atom. The molecule has 4 aromatic rings. The summed E-state index contributed by atoms with van der Waals surface area (Å²) in [6, 6.07) is 21.5. The molecule has 0 spiro atoms. The van der Waals surface area contributed by atoms with Crippen LogP contribution >= 0.6 is 0 Å². The van der Waals surface area contributed by atoms with Gasteiger partial charge in [-0.2, -0.15) is 0 Å². The van der Waals surface area contributed by atoms with E-state index in [0.717, 1.165) is 21.7 Å². The third-order valence-electron chi connectivity index (χ3n) is 8.11. The highest BCUT2D eigenvalue weighted by Crippen LogP contribution is 2.46. The monoisotopic (exact) mass is 539 g/mol. The molecule has 0 aliphatic carbocycles. The molecule has 4 heterocycles. The van der Waals surface area contributed by atoms with E-state index in [2.05, 4.69) is 24.5 Å². The fourth-order valence-corrected chi connectivity index (χ4v) is 8.64. The summed E-state index contributed by atoms with van der Waals surface area (Å²) < 4.78 is 13.6. The minimum absolute atomic E-state index is 0.104. The molecule has 2 aromatic heterocycles. The van der Waals surface area contributed by atoms with Gasteiger partial charge in [-0.3, -0.25) is 4.79 Å². The Morgan fingerprint density at radius 3 is 2.56 bits per heavy atom. The topological polar surface area (TPSA) is 99.5 Å². The average Bonchev–Trinajstić information content (AvgIpc) is 3.31. The molecule has 6 rings (SSSR count). The van der Waals surface area contributed by atoms with Crippen molar-refractivity contribution in [1.29, 1.82) is 0 Å². The van der Waals surface area contributed by atoms with Crippen LogP contribution in [-0.2, 0) is 26.4 Å². The molecular weight excluding hydrogens is 510 g/mol. The van der Waals surface area contributed by atoms with E-state index in [1.165, 1.54) is 7.05 Å². The fraction of sp³-hybridized carbons (Fsp3) is 0.267. The van der Waals surface area contributed by atoms with Crippen molar-refractivity contribution in [2.24, 2.45) is 0 Å². The summed E-state index contributed by atoms with van der Waals surface area (Å²) in [6.45, 7) is 6.28. The zero-order chi connectivity index (χ0) is 27.5. The SMILES string of the molecule is CCC1(OC(=O)NC)C(=O)OC([Si](C)(C)c2ccccc2)c2c1cc1n(c2=O)Cc2cc3ccccc3nc2-1. The van der Waals surface area contributed by atoms with Gasteiger partial charge >= 0.3 is 12.1 Å². The summed E-state index contributed by atoms with van der Waals surface area (Å²) in [5.74, 6) is -0.670. The molecule has 2 aliphatic heterocycles. The van der Waals surface area contributed by atoms with E-state index in [4.69, 9.17) is 14.5 Å².